The highest BCUT2D eigenvalue weighted by molar-refractivity contribution is 6.20. The van der Waals surface area contributed by atoms with Crippen LogP contribution >= 0.6 is 11.6 Å². The van der Waals surface area contributed by atoms with Gasteiger partial charge in [0.2, 0.25) is 0 Å². The molecule has 2 atom stereocenters. The molecule has 104 valence electrons. The summed E-state index contributed by atoms with van der Waals surface area (Å²) in [6.45, 7) is 4.02. The van der Waals surface area contributed by atoms with Gasteiger partial charge in [-0.25, -0.2) is 4.98 Å². The summed E-state index contributed by atoms with van der Waals surface area (Å²) in [7, 11) is 2.13. The van der Waals surface area contributed by atoms with Crippen LogP contribution in [0.3, 0.4) is 0 Å². The van der Waals surface area contributed by atoms with Crippen LogP contribution < -0.4 is 0 Å². The molecule has 0 spiro atoms. The molecule has 0 radical (unpaired) electrons. The Hall–Kier alpha value is -1.57. The predicted octanol–water partition coefficient (Wildman–Crippen LogP) is 3.08. The van der Waals surface area contributed by atoms with Crippen molar-refractivity contribution in [1.29, 1.82) is 5.26 Å². The lowest BCUT2D eigenvalue weighted by Crippen LogP contribution is -2.18. The second-order valence-corrected chi connectivity index (χ2v) is 6.10. The Morgan fingerprint density at radius 3 is 2.90 bits per heavy atom. The SMILES string of the molecule is CC(Cl)c1nc2c(C#N)cccc2n1C1CCN(C)C1. The Labute approximate surface area is 123 Å². The molecule has 1 aliphatic heterocycles. The number of fused-ring (bicyclic) bond motifs is 1. The standard InChI is InChI=1S/C15H17ClN4/c1-10(16)15-18-14-11(8-17)4-3-5-13(14)20(15)12-6-7-19(2)9-12/h3-5,10,12H,6-7,9H2,1-2H3. The maximum Gasteiger partial charge on any atom is 0.128 e. The number of para-hydroxylation sites is 1. The lowest BCUT2D eigenvalue weighted by Gasteiger charge is -2.17. The maximum absolute atomic E-state index is 9.24. The third-order valence-corrected chi connectivity index (χ3v) is 4.15. The van der Waals surface area contributed by atoms with Gasteiger partial charge in [-0.3, -0.25) is 0 Å². The average molecular weight is 289 g/mol. The van der Waals surface area contributed by atoms with Gasteiger partial charge in [-0.2, -0.15) is 5.26 Å². The fourth-order valence-electron chi connectivity index (χ4n) is 3.01. The summed E-state index contributed by atoms with van der Waals surface area (Å²) in [4.78, 5) is 6.96. The zero-order valence-electron chi connectivity index (χ0n) is 11.7. The number of benzene rings is 1. The normalized spacial score (nSPS) is 21.2. The van der Waals surface area contributed by atoms with Gasteiger partial charge in [0.05, 0.1) is 16.5 Å². The molecule has 3 rings (SSSR count). The van der Waals surface area contributed by atoms with Crippen LogP contribution in [-0.2, 0) is 0 Å². The first-order chi connectivity index (χ1) is 9.61. The summed E-state index contributed by atoms with van der Waals surface area (Å²) in [6.07, 6.45) is 1.09. The molecule has 0 amide bonds. The third kappa shape index (κ3) is 2.07. The number of aromatic nitrogens is 2. The van der Waals surface area contributed by atoms with Crippen LogP contribution in [0.4, 0.5) is 0 Å². The average Bonchev–Trinajstić information content (AvgIpc) is 3.01. The summed E-state index contributed by atoms with van der Waals surface area (Å²) >= 11 is 6.31. The smallest absolute Gasteiger partial charge is 0.128 e. The number of likely N-dealkylation sites (N-methyl/N-ethyl adjacent to an activating group) is 1. The molecule has 1 aliphatic rings. The minimum atomic E-state index is -0.167. The van der Waals surface area contributed by atoms with E-state index >= 15 is 0 Å². The summed E-state index contributed by atoms with van der Waals surface area (Å²) in [5.74, 6) is 0.865. The molecule has 0 N–H and O–H groups in total. The van der Waals surface area contributed by atoms with Crippen molar-refractivity contribution >= 4 is 22.6 Å². The van der Waals surface area contributed by atoms with E-state index in [-0.39, 0.29) is 5.38 Å². The molecule has 4 nitrogen and oxygen atoms in total. The van der Waals surface area contributed by atoms with E-state index in [1.807, 2.05) is 25.1 Å². The van der Waals surface area contributed by atoms with Crippen molar-refractivity contribution in [3.05, 3.63) is 29.6 Å². The minimum absolute atomic E-state index is 0.167. The van der Waals surface area contributed by atoms with Gasteiger partial charge >= 0.3 is 0 Å². The quantitative estimate of drug-likeness (QED) is 0.798. The molecule has 1 aromatic carbocycles. The van der Waals surface area contributed by atoms with Gasteiger partial charge in [0.1, 0.15) is 17.4 Å². The molecule has 2 aromatic rings. The highest BCUT2D eigenvalue weighted by Crippen LogP contribution is 2.32. The van der Waals surface area contributed by atoms with Gasteiger partial charge in [-0.1, -0.05) is 6.07 Å². The first-order valence-electron chi connectivity index (χ1n) is 6.85. The van der Waals surface area contributed by atoms with Crippen LogP contribution in [0.15, 0.2) is 18.2 Å². The summed E-state index contributed by atoms with van der Waals surface area (Å²) < 4.78 is 2.23. The van der Waals surface area contributed by atoms with Crippen LogP contribution in [0, 0.1) is 11.3 Å². The van der Waals surface area contributed by atoms with Gasteiger partial charge in [-0.05, 0) is 39.1 Å². The van der Waals surface area contributed by atoms with Gasteiger partial charge in [-0.15, -0.1) is 11.6 Å². The summed E-state index contributed by atoms with van der Waals surface area (Å²) in [6, 6.07) is 8.36. The van der Waals surface area contributed by atoms with E-state index in [0.717, 1.165) is 36.4 Å². The van der Waals surface area contributed by atoms with Crippen molar-refractivity contribution in [2.24, 2.45) is 0 Å². The first kappa shape index (κ1) is 13.4. The molecule has 1 aromatic heterocycles. The Bertz CT molecular complexity index is 683. The Kier molecular flexibility index (Phi) is 3.41. The number of alkyl halides is 1. The zero-order valence-corrected chi connectivity index (χ0v) is 12.4. The minimum Gasteiger partial charge on any atom is -0.322 e. The van der Waals surface area contributed by atoms with Crippen molar-refractivity contribution in [2.75, 3.05) is 20.1 Å². The molecule has 20 heavy (non-hydrogen) atoms. The maximum atomic E-state index is 9.24. The van der Waals surface area contributed by atoms with Gasteiger partial charge in [0.15, 0.2) is 0 Å². The van der Waals surface area contributed by atoms with Crippen molar-refractivity contribution in [3.8, 4) is 6.07 Å². The fourth-order valence-corrected chi connectivity index (χ4v) is 3.17. The number of nitrogens with zero attached hydrogens (tertiary/aromatic N) is 4. The number of hydrogen-bond acceptors (Lipinski definition) is 3. The zero-order chi connectivity index (χ0) is 14.3. The number of nitriles is 1. The molecule has 0 bridgehead atoms. The highest BCUT2D eigenvalue weighted by Gasteiger charge is 2.27. The molecule has 1 fully saturated rings. The molecular weight excluding hydrogens is 272 g/mol. The van der Waals surface area contributed by atoms with Crippen molar-refractivity contribution in [1.82, 2.24) is 14.5 Å². The van der Waals surface area contributed by atoms with Crippen LogP contribution in [0.2, 0.25) is 0 Å². The molecule has 5 heteroatoms. The van der Waals surface area contributed by atoms with Crippen LogP contribution in [0.1, 0.15) is 36.2 Å². The Morgan fingerprint density at radius 1 is 1.50 bits per heavy atom. The van der Waals surface area contributed by atoms with Crippen molar-refractivity contribution in [3.63, 3.8) is 0 Å². The van der Waals surface area contributed by atoms with Crippen LogP contribution in [-0.4, -0.2) is 34.6 Å². The molecule has 2 unspecified atom stereocenters. The highest BCUT2D eigenvalue weighted by atomic mass is 35.5. The van der Waals surface area contributed by atoms with E-state index < -0.39 is 0 Å². The summed E-state index contributed by atoms with van der Waals surface area (Å²) in [5, 5.41) is 9.07. The van der Waals surface area contributed by atoms with E-state index in [2.05, 4.69) is 27.6 Å². The van der Waals surface area contributed by atoms with Gasteiger partial charge in [0, 0.05) is 12.6 Å². The van der Waals surface area contributed by atoms with E-state index in [0.29, 0.717) is 11.6 Å². The van der Waals surface area contributed by atoms with Crippen molar-refractivity contribution < 1.29 is 0 Å². The largest absolute Gasteiger partial charge is 0.322 e. The predicted molar refractivity (Wildman–Crippen MR) is 79.9 cm³/mol. The third-order valence-electron chi connectivity index (χ3n) is 3.96. The van der Waals surface area contributed by atoms with E-state index in [4.69, 9.17) is 11.6 Å². The number of halogens is 1. The number of likely N-dealkylation sites (tertiary alicyclic amines) is 1. The summed E-state index contributed by atoms with van der Waals surface area (Å²) in [5.41, 5.74) is 2.41. The molecule has 0 saturated carbocycles. The number of rotatable bonds is 2. The van der Waals surface area contributed by atoms with E-state index in [1.54, 1.807) is 0 Å². The van der Waals surface area contributed by atoms with Crippen LogP contribution in [0.5, 0.6) is 0 Å². The van der Waals surface area contributed by atoms with Gasteiger partial charge in [0.25, 0.3) is 0 Å². The van der Waals surface area contributed by atoms with Gasteiger partial charge < -0.3 is 9.47 Å². The fraction of sp³-hybridized carbons (Fsp3) is 0.467. The second-order valence-electron chi connectivity index (χ2n) is 5.45. The number of imidazole rings is 1. The van der Waals surface area contributed by atoms with Crippen LogP contribution in [0.25, 0.3) is 11.0 Å². The van der Waals surface area contributed by atoms with E-state index in [9.17, 15) is 5.26 Å². The van der Waals surface area contributed by atoms with Crippen molar-refractivity contribution in [2.45, 2.75) is 24.8 Å². The Morgan fingerprint density at radius 2 is 2.30 bits per heavy atom. The number of hydrogen-bond donors (Lipinski definition) is 0. The molecule has 0 aliphatic carbocycles. The lowest BCUT2D eigenvalue weighted by atomic mass is 10.2. The second kappa shape index (κ2) is 5.08. The van der Waals surface area contributed by atoms with E-state index in [1.165, 1.54) is 0 Å². The monoisotopic (exact) mass is 288 g/mol. The lowest BCUT2D eigenvalue weighted by molar-refractivity contribution is 0.392. The first-order valence-corrected chi connectivity index (χ1v) is 7.29. The molecular formula is C15H17ClN4. The topological polar surface area (TPSA) is 44.9 Å². The Balaban J connectivity index is 2.23. The molecule has 2 heterocycles. The molecule has 1 saturated heterocycles.